The number of methoxy groups -OCH3 is 1. The number of carbonyl (C=O) groups excluding carboxylic acids is 2. The van der Waals surface area contributed by atoms with E-state index in [4.69, 9.17) is 15.2 Å². The molecule has 0 saturated heterocycles. The molecule has 0 aliphatic heterocycles. The van der Waals surface area contributed by atoms with Crippen molar-refractivity contribution in [2.24, 2.45) is 11.7 Å². The lowest BCUT2D eigenvalue weighted by Crippen LogP contribution is -2.22. The van der Waals surface area contributed by atoms with Crippen molar-refractivity contribution >= 4 is 17.9 Å². The summed E-state index contributed by atoms with van der Waals surface area (Å²) in [6, 6.07) is 5.20. The number of carbonyl (C=O) groups is 2. The second-order valence-corrected chi connectivity index (χ2v) is 6.58. The van der Waals surface area contributed by atoms with Crippen LogP contribution in [0.4, 0.5) is 0 Å². The normalized spacial score (nSPS) is 14.5. The van der Waals surface area contributed by atoms with E-state index >= 15 is 0 Å². The maximum Gasteiger partial charge on any atom is 0.255 e. The van der Waals surface area contributed by atoms with Crippen LogP contribution in [0.25, 0.3) is 6.08 Å². The summed E-state index contributed by atoms with van der Waals surface area (Å²) in [6.07, 6.45) is 10.9. The van der Waals surface area contributed by atoms with Gasteiger partial charge in [-0.3, -0.25) is 9.59 Å². The fourth-order valence-electron chi connectivity index (χ4n) is 3.19. The number of nitrogens with two attached hydrogens (primary N) is 1. The first-order chi connectivity index (χ1) is 12.6. The molecule has 1 aromatic carbocycles. The number of primary amides is 1. The van der Waals surface area contributed by atoms with E-state index in [1.807, 2.05) is 0 Å². The van der Waals surface area contributed by atoms with E-state index in [1.165, 1.54) is 45.3 Å². The topological polar surface area (TPSA) is 90.7 Å². The molecule has 142 valence electrons. The molecular formula is C20H28N2O4. The Kier molecular flexibility index (Phi) is 7.99. The zero-order chi connectivity index (χ0) is 18.8. The van der Waals surface area contributed by atoms with Gasteiger partial charge in [-0.15, -0.1) is 0 Å². The number of benzene rings is 1. The fraction of sp³-hybridized carbons (Fsp3) is 0.500. The van der Waals surface area contributed by atoms with Crippen molar-refractivity contribution < 1.29 is 19.1 Å². The molecule has 0 aromatic heterocycles. The predicted octanol–water partition coefficient (Wildman–Crippen LogP) is 2.66. The molecule has 26 heavy (non-hydrogen) atoms. The molecule has 0 heterocycles. The number of hydrogen-bond acceptors (Lipinski definition) is 4. The molecule has 0 bridgehead atoms. The third-order valence-electron chi connectivity index (χ3n) is 4.55. The number of amides is 2. The van der Waals surface area contributed by atoms with Gasteiger partial charge in [-0.05, 0) is 42.5 Å². The first-order valence-corrected chi connectivity index (χ1v) is 9.13. The molecule has 1 saturated carbocycles. The van der Waals surface area contributed by atoms with Gasteiger partial charge < -0.3 is 20.5 Å². The van der Waals surface area contributed by atoms with Crippen molar-refractivity contribution in [1.82, 2.24) is 5.32 Å². The summed E-state index contributed by atoms with van der Waals surface area (Å²) in [5, 5.41) is 2.92. The van der Waals surface area contributed by atoms with Crippen LogP contribution in [0.1, 0.15) is 44.1 Å². The summed E-state index contributed by atoms with van der Waals surface area (Å²) in [6.45, 7) is 0.498. The predicted molar refractivity (Wildman–Crippen MR) is 101 cm³/mol. The lowest BCUT2D eigenvalue weighted by Gasteiger charge is -2.10. The van der Waals surface area contributed by atoms with Gasteiger partial charge in [0.25, 0.3) is 5.91 Å². The SMILES string of the molecule is COc1cc(/C=C/C(=O)NCCCC2CCCC2)ccc1OCC(N)=O. The van der Waals surface area contributed by atoms with Crippen molar-refractivity contribution in [3.05, 3.63) is 29.8 Å². The van der Waals surface area contributed by atoms with Gasteiger partial charge in [0.1, 0.15) is 0 Å². The highest BCUT2D eigenvalue weighted by molar-refractivity contribution is 5.91. The summed E-state index contributed by atoms with van der Waals surface area (Å²) < 4.78 is 10.5. The summed E-state index contributed by atoms with van der Waals surface area (Å²) in [7, 11) is 1.51. The van der Waals surface area contributed by atoms with Crippen LogP contribution in [-0.4, -0.2) is 32.1 Å². The highest BCUT2D eigenvalue weighted by Gasteiger charge is 2.14. The van der Waals surface area contributed by atoms with E-state index in [0.29, 0.717) is 18.0 Å². The zero-order valence-corrected chi connectivity index (χ0v) is 15.3. The van der Waals surface area contributed by atoms with Crippen molar-refractivity contribution in [2.45, 2.75) is 38.5 Å². The lowest BCUT2D eigenvalue weighted by atomic mass is 10.0. The largest absolute Gasteiger partial charge is 0.493 e. The van der Waals surface area contributed by atoms with Crippen LogP contribution in [0.15, 0.2) is 24.3 Å². The lowest BCUT2D eigenvalue weighted by molar-refractivity contribution is -0.120. The Bertz CT molecular complexity index is 637. The van der Waals surface area contributed by atoms with E-state index in [1.54, 1.807) is 24.3 Å². The molecule has 1 fully saturated rings. The summed E-state index contributed by atoms with van der Waals surface area (Å²) in [4.78, 5) is 22.7. The molecule has 0 atom stereocenters. The van der Waals surface area contributed by atoms with Gasteiger partial charge in [0.2, 0.25) is 5.91 Å². The molecule has 0 unspecified atom stereocenters. The van der Waals surface area contributed by atoms with Gasteiger partial charge in [0, 0.05) is 12.6 Å². The van der Waals surface area contributed by atoms with Gasteiger partial charge >= 0.3 is 0 Å². The van der Waals surface area contributed by atoms with Gasteiger partial charge in [-0.25, -0.2) is 0 Å². The van der Waals surface area contributed by atoms with Gasteiger partial charge in [-0.2, -0.15) is 0 Å². The highest BCUT2D eigenvalue weighted by Crippen LogP contribution is 2.29. The average molecular weight is 360 g/mol. The number of ether oxygens (including phenoxy) is 2. The monoisotopic (exact) mass is 360 g/mol. The van der Waals surface area contributed by atoms with E-state index in [0.717, 1.165) is 17.9 Å². The van der Waals surface area contributed by atoms with Crippen LogP contribution in [0.2, 0.25) is 0 Å². The van der Waals surface area contributed by atoms with Crippen LogP contribution in [-0.2, 0) is 9.59 Å². The number of rotatable bonds is 10. The molecule has 1 aliphatic rings. The minimum atomic E-state index is -0.555. The van der Waals surface area contributed by atoms with Crippen LogP contribution in [0.3, 0.4) is 0 Å². The molecular weight excluding hydrogens is 332 g/mol. The Morgan fingerprint density at radius 1 is 1.27 bits per heavy atom. The molecule has 2 amide bonds. The van der Waals surface area contributed by atoms with Crippen LogP contribution < -0.4 is 20.5 Å². The smallest absolute Gasteiger partial charge is 0.255 e. The second kappa shape index (κ2) is 10.5. The maximum absolute atomic E-state index is 11.9. The molecule has 0 spiro atoms. The summed E-state index contributed by atoms with van der Waals surface area (Å²) in [5.41, 5.74) is 5.87. The molecule has 2 rings (SSSR count). The van der Waals surface area contributed by atoms with Gasteiger partial charge in [0.05, 0.1) is 7.11 Å². The molecule has 3 N–H and O–H groups in total. The van der Waals surface area contributed by atoms with Crippen molar-refractivity contribution in [3.63, 3.8) is 0 Å². The van der Waals surface area contributed by atoms with Crippen molar-refractivity contribution in [1.29, 1.82) is 0 Å². The number of hydrogen-bond donors (Lipinski definition) is 2. The molecule has 1 aromatic rings. The van der Waals surface area contributed by atoms with Gasteiger partial charge in [0.15, 0.2) is 18.1 Å². The van der Waals surface area contributed by atoms with E-state index < -0.39 is 5.91 Å². The molecule has 0 radical (unpaired) electrons. The van der Waals surface area contributed by atoms with E-state index in [2.05, 4.69) is 5.32 Å². The zero-order valence-electron chi connectivity index (χ0n) is 15.3. The first kappa shape index (κ1) is 19.8. The Hall–Kier alpha value is -2.50. The average Bonchev–Trinajstić information content (AvgIpc) is 3.15. The fourth-order valence-corrected chi connectivity index (χ4v) is 3.19. The Morgan fingerprint density at radius 2 is 2.04 bits per heavy atom. The van der Waals surface area contributed by atoms with Crippen molar-refractivity contribution in [3.8, 4) is 11.5 Å². The Morgan fingerprint density at radius 3 is 2.73 bits per heavy atom. The maximum atomic E-state index is 11.9. The van der Waals surface area contributed by atoms with Crippen LogP contribution in [0.5, 0.6) is 11.5 Å². The third kappa shape index (κ3) is 6.78. The Balaban J connectivity index is 1.78. The third-order valence-corrected chi connectivity index (χ3v) is 4.55. The Labute approximate surface area is 154 Å². The summed E-state index contributed by atoms with van der Waals surface area (Å²) >= 11 is 0. The van der Waals surface area contributed by atoms with E-state index in [-0.39, 0.29) is 12.5 Å². The standard InChI is InChI=1S/C20H28N2O4/c1-25-18-13-16(8-10-17(18)26-14-19(21)23)9-11-20(24)22-12-4-7-15-5-2-3-6-15/h8-11,13,15H,2-7,12,14H2,1H3,(H2,21,23)(H,22,24)/b11-9+. The van der Waals surface area contributed by atoms with Crippen LogP contribution in [0, 0.1) is 5.92 Å². The highest BCUT2D eigenvalue weighted by atomic mass is 16.5. The first-order valence-electron chi connectivity index (χ1n) is 9.13. The van der Waals surface area contributed by atoms with E-state index in [9.17, 15) is 9.59 Å². The number of nitrogens with one attached hydrogen (secondary N) is 1. The van der Waals surface area contributed by atoms with Crippen molar-refractivity contribution in [2.75, 3.05) is 20.3 Å². The molecule has 1 aliphatic carbocycles. The molecule has 6 heteroatoms. The summed E-state index contributed by atoms with van der Waals surface area (Å²) in [5.74, 6) is 1.10. The second-order valence-electron chi connectivity index (χ2n) is 6.58. The van der Waals surface area contributed by atoms with Gasteiger partial charge in [-0.1, -0.05) is 31.7 Å². The molecule has 6 nitrogen and oxygen atoms in total. The van der Waals surface area contributed by atoms with Crippen LogP contribution >= 0.6 is 0 Å². The minimum absolute atomic E-state index is 0.107. The minimum Gasteiger partial charge on any atom is -0.493 e. The quantitative estimate of drug-likeness (QED) is 0.496.